The zero-order chi connectivity index (χ0) is 18.1. The third-order valence-electron chi connectivity index (χ3n) is 3.85. The third-order valence-corrected chi connectivity index (χ3v) is 3.85. The normalized spacial score (nSPS) is 18.1. The zero-order valence-electron chi connectivity index (χ0n) is 15.4. The first-order valence-corrected chi connectivity index (χ1v) is 8.62. The minimum absolute atomic E-state index is 0.179. The molecule has 0 saturated carbocycles. The highest BCUT2D eigenvalue weighted by molar-refractivity contribution is 5.75. The molecule has 0 aromatic carbocycles. The fourth-order valence-corrected chi connectivity index (χ4v) is 2.64. The number of hydrogen-bond donors (Lipinski definition) is 0. The van der Waals surface area contributed by atoms with Gasteiger partial charge in [-0.2, -0.15) is 0 Å². The number of hydrazine groups is 1. The van der Waals surface area contributed by atoms with Crippen LogP contribution in [0.1, 0.15) is 47.5 Å². The van der Waals surface area contributed by atoms with Crippen molar-refractivity contribution in [1.82, 2.24) is 10.0 Å². The third kappa shape index (κ3) is 5.58. The van der Waals surface area contributed by atoms with Crippen molar-refractivity contribution in [2.75, 3.05) is 19.8 Å². The van der Waals surface area contributed by atoms with Gasteiger partial charge in [-0.3, -0.25) is 0 Å². The monoisotopic (exact) mass is 338 g/mol. The van der Waals surface area contributed by atoms with E-state index in [0.29, 0.717) is 6.54 Å². The second kappa shape index (κ2) is 10.0. The molecular weight excluding hydrogens is 308 g/mol. The number of nitrogens with zero attached hydrogens (tertiary/aromatic N) is 2. The van der Waals surface area contributed by atoms with Crippen LogP contribution < -0.4 is 0 Å². The maximum atomic E-state index is 12.4. The Hall–Kier alpha value is -1.98. The van der Waals surface area contributed by atoms with Crippen molar-refractivity contribution in [3.63, 3.8) is 0 Å². The molecule has 2 atom stereocenters. The minimum atomic E-state index is -0.531. The molecule has 1 aliphatic rings. The molecule has 0 bridgehead atoms. The zero-order valence-corrected chi connectivity index (χ0v) is 15.4. The van der Waals surface area contributed by atoms with Crippen LogP contribution in [0.25, 0.3) is 0 Å². The molecule has 24 heavy (non-hydrogen) atoms. The highest BCUT2D eigenvalue weighted by Crippen LogP contribution is 2.25. The van der Waals surface area contributed by atoms with Crippen LogP contribution >= 0.6 is 0 Å². The smallest absolute Gasteiger partial charge is 0.429 e. The molecule has 0 unspecified atom stereocenters. The fraction of sp³-hybridized carbons (Fsp3) is 0.667. The Bertz CT molecular complexity index is 483. The minimum Gasteiger partial charge on any atom is -0.448 e. The van der Waals surface area contributed by atoms with Crippen molar-refractivity contribution in [3.8, 4) is 0 Å². The fourth-order valence-electron chi connectivity index (χ4n) is 2.64. The Morgan fingerprint density at radius 2 is 1.83 bits per heavy atom. The van der Waals surface area contributed by atoms with Gasteiger partial charge in [0.15, 0.2) is 0 Å². The molecule has 0 fully saturated rings. The van der Waals surface area contributed by atoms with E-state index in [1.807, 2.05) is 12.2 Å². The van der Waals surface area contributed by atoms with Gasteiger partial charge in [-0.1, -0.05) is 30.7 Å². The number of carbonyl (C=O) groups is 2. The average molecular weight is 338 g/mol. The predicted molar refractivity (Wildman–Crippen MR) is 93.3 cm³/mol. The van der Waals surface area contributed by atoms with Crippen LogP contribution in [0.2, 0.25) is 0 Å². The van der Waals surface area contributed by atoms with E-state index in [1.165, 1.54) is 15.6 Å². The Morgan fingerprint density at radius 1 is 1.21 bits per heavy atom. The summed E-state index contributed by atoms with van der Waals surface area (Å²) in [7, 11) is 0. The number of hydrogen-bond acceptors (Lipinski definition) is 4. The summed E-state index contributed by atoms with van der Waals surface area (Å²) in [6.45, 7) is 10.5. The molecule has 0 spiro atoms. The van der Waals surface area contributed by atoms with E-state index in [9.17, 15) is 9.59 Å². The van der Waals surface area contributed by atoms with Gasteiger partial charge in [-0.15, -0.1) is 0 Å². The van der Waals surface area contributed by atoms with Crippen LogP contribution in [0.4, 0.5) is 9.59 Å². The molecule has 0 N–H and O–H groups in total. The SMILES string of the molecule is CCOC(=O)N1CC=C[C@@H]([C@H](C)CCC=C(C)C)N1C(=O)OCC. The first-order chi connectivity index (χ1) is 11.4. The molecule has 2 amide bonds. The molecule has 0 radical (unpaired) electrons. The maximum absolute atomic E-state index is 12.4. The summed E-state index contributed by atoms with van der Waals surface area (Å²) in [5.41, 5.74) is 1.27. The van der Waals surface area contributed by atoms with Crippen LogP contribution in [0.15, 0.2) is 23.8 Å². The second-order valence-electron chi connectivity index (χ2n) is 6.08. The summed E-state index contributed by atoms with van der Waals surface area (Å²) in [5.74, 6) is 0.179. The summed E-state index contributed by atoms with van der Waals surface area (Å²) in [5, 5.41) is 2.72. The molecule has 1 rings (SSSR count). The quantitative estimate of drug-likeness (QED) is 0.683. The maximum Gasteiger partial charge on any atom is 0.429 e. The van der Waals surface area contributed by atoms with E-state index < -0.39 is 12.2 Å². The number of allylic oxidation sites excluding steroid dienone is 2. The van der Waals surface area contributed by atoms with E-state index in [4.69, 9.17) is 9.47 Å². The van der Waals surface area contributed by atoms with Crippen LogP contribution in [0.5, 0.6) is 0 Å². The number of amides is 2. The number of carbonyl (C=O) groups excluding carboxylic acids is 2. The van der Waals surface area contributed by atoms with E-state index in [1.54, 1.807) is 13.8 Å². The summed E-state index contributed by atoms with van der Waals surface area (Å²) >= 11 is 0. The standard InChI is InChI=1S/C18H30N2O4/c1-6-23-17(21)19-13-9-12-16(20(19)18(22)24-7-2)15(5)11-8-10-14(3)4/h9-10,12,15-16H,6-8,11,13H2,1-5H3/t15-,16+/m1/s1. The van der Waals surface area contributed by atoms with Crippen molar-refractivity contribution < 1.29 is 19.1 Å². The molecule has 6 nitrogen and oxygen atoms in total. The van der Waals surface area contributed by atoms with Crippen molar-refractivity contribution >= 4 is 12.2 Å². The van der Waals surface area contributed by atoms with Crippen molar-refractivity contribution in [2.24, 2.45) is 5.92 Å². The molecule has 0 aromatic heterocycles. The van der Waals surface area contributed by atoms with Crippen LogP contribution in [0, 0.1) is 5.92 Å². The van der Waals surface area contributed by atoms with Gasteiger partial charge in [-0.05, 0) is 46.5 Å². The van der Waals surface area contributed by atoms with E-state index >= 15 is 0 Å². The lowest BCUT2D eigenvalue weighted by molar-refractivity contribution is -0.0437. The van der Waals surface area contributed by atoms with E-state index in [-0.39, 0.29) is 25.2 Å². The Kier molecular flexibility index (Phi) is 8.36. The summed E-state index contributed by atoms with van der Waals surface area (Å²) in [6.07, 6.45) is 6.84. The second-order valence-corrected chi connectivity index (χ2v) is 6.08. The molecule has 136 valence electrons. The highest BCUT2D eigenvalue weighted by Gasteiger charge is 2.37. The summed E-state index contributed by atoms with van der Waals surface area (Å²) in [6, 6.07) is -0.229. The molecular formula is C18H30N2O4. The van der Waals surface area contributed by atoms with E-state index in [2.05, 4.69) is 26.8 Å². The van der Waals surface area contributed by atoms with Gasteiger partial charge in [0, 0.05) is 0 Å². The predicted octanol–water partition coefficient (Wildman–Crippen LogP) is 4.14. The van der Waals surface area contributed by atoms with Crippen LogP contribution in [-0.2, 0) is 9.47 Å². The number of ether oxygens (including phenoxy) is 2. The van der Waals surface area contributed by atoms with E-state index in [0.717, 1.165) is 12.8 Å². The van der Waals surface area contributed by atoms with Crippen molar-refractivity contribution in [1.29, 1.82) is 0 Å². The number of rotatable bonds is 6. The van der Waals surface area contributed by atoms with Gasteiger partial charge in [-0.25, -0.2) is 19.6 Å². The molecule has 1 aliphatic heterocycles. The van der Waals surface area contributed by atoms with Gasteiger partial charge in [0.25, 0.3) is 0 Å². The van der Waals surface area contributed by atoms with Crippen LogP contribution in [-0.4, -0.2) is 48.0 Å². The molecule has 0 aliphatic carbocycles. The average Bonchev–Trinajstić information content (AvgIpc) is 2.54. The van der Waals surface area contributed by atoms with Crippen LogP contribution in [0.3, 0.4) is 0 Å². The van der Waals surface area contributed by atoms with Crippen molar-refractivity contribution in [3.05, 3.63) is 23.8 Å². The van der Waals surface area contributed by atoms with Gasteiger partial charge in [0.1, 0.15) is 0 Å². The molecule has 6 heteroatoms. The topological polar surface area (TPSA) is 59.1 Å². The Balaban J connectivity index is 2.95. The summed E-state index contributed by atoms with van der Waals surface area (Å²) in [4.78, 5) is 24.6. The lowest BCUT2D eigenvalue weighted by Crippen LogP contribution is -2.58. The Morgan fingerprint density at radius 3 is 2.42 bits per heavy atom. The van der Waals surface area contributed by atoms with Gasteiger partial charge in [0.2, 0.25) is 0 Å². The first-order valence-electron chi connectivity index (χ1n) is 8.62. The highest BCUT2D eigenvalue weighted by atomic mass is 16.6. The lowest BCUT2D eigenvalue weighted by Gasteiger charge is -2.41. The van der Waals surface area contributed by atoms with Gasteiger partial charge in [0.05, 0.1) is 25.8 Å². The summed E-state index contributed by atoms with van der Waals surface area (Å²) < 4.78 is 10.2. The van der Waals surface area contributed by atoms with Crippen molar-refractivity contribution in [2.45, 2.75) is 53.5 Å². The molecule has 0 saturated heterocycles. The first kappa shape index (κ1) is 20.1. The Labute approximate surface area is 145 Å². The lowest BCUT2D eigenvalue weighted by atomic mass is 9.94. The molecule has 0 aromatic rings. The largest absolute Gasteiger partial charge is 0.448 e. The van der Waals surface area contributed by atoms with Gasteiger partial charge >= 0.3 is 12.2 Å². The molecule has 1 heterocycles. The van der Waals surface area contributed by atoms with Gasteiger partial charge < -0.3 is 9.47 Å².